The Hall–Kier alpha value is -5.32. The molecule has 5 rings (SSSR count). The first-order chi connectivity index (χ1) is 19.7. The molecule has 0 radical (unpaired) electrons. The first-order valence-corrected chi connectivity index (χ1v) is 12.6. The molecule has 41 heavy (non-hydrogen) atoms. The maximum Gasteiger partial charge on any atom is 0.419 e. The summed E-state index contributed by atoms with van der Waals surface area (Å²) in [6.45, 7) is 1.82. The number of carbonyl (C=O) groups excluding carboxylic acids is 1. The molecule has 2 aromatic heterocycles. The third-order valence-corrected chi connectivity index (χ3v) is 6.63. The van der Waals surface area contributed by atoms with Crippen LogP contribution in [0.4, 0.5) is 14.6 Å². The van der Waals surface area contributed by atoms with E-state index in [4.69, 9.17) is 10.5 Å². The van der Waals surface area contributed by atoms with Gasteiger partial charge in [-0.3, -0.25) is 9.78 Å². The summed E-state index contributed by atoms with van der Waals surface area (Å²) in [5.74, 6) is -3.41. The molecule has 208 valence electrons. The van der Waals surface area contributed by atoms with Crippen LogP contribution in [-0.4, -0.2) is 22.5 Å². The van der Waals surface area contributed by atoms with Gasteiger partial charge in [0.15, 0.2) is 11.6 Å². The Kier molecular flexibility index (Phi) is 7.59. The van der Waals surface area contributed by atoms with Crippen LogP contribution in [0.2, 0.25) is 0 Å². The van der Waals surface area contributed by atoms with Crippen molar-refractivity contribution in [2.24, 2.45) is 5.73 Å². The van der Waals surface area contributed by atoms with Gasteiger partial charge in [-0.2, -0.15) is 0 Å². The van der Waals surface area contributed by atoms with Crippen LogP contribution in [0.1, 0.15) is 46.1 Å². The average molecular weight is 559 g/mol. The summed E-state index contributed by atoms with van der Waals surface area (Å²) in [5, 5.41) is 3.38. The minimum Gasteiger partial charge on any atom is -0.491 e. The van der Waals surface area contributed by atoms with Gasteiger partial charge in [-0.25, -0.2) is 23.4 Å². The van der Waals surface area contributed by atoms with Gasteiger partial charge >= 0.3 is 11.4 Å². The van der Waals surface area contributed by atoms with Crippen molar-refractivity contribution >= 4 is 22.6 Å². The number of fused-ring (bicyclic) bond motifs is 1. The number of aromatic amines is 1. The van der Waals surface area contributed by atoms with Crippen molar-refractivity contribution in [1.82, 2.24) is 9.97 Å². The van der Waals surface area contributed by atoms with E-state index in [9.17, 15) is 23.2 Å². The molecule has 3 aromatic carbocycles. The molecule has 0 saturated carbocycles. The van der Waals surface area contributed by atoms with E-state index >= 15 is 0 Å². The maximum atomic E-state index is 13.9. The summed E-state index contributed by atoms with van der Waals surface area (Å²) in [4.78, 5) is 43.0. The van der Waals surface area contributed by atoms with Crippen LogP contribution in [-0.2, 0) is 0 Å². The Bertz CT molecular complexity index is 1860. The Morgan fingerprint density at radius 3 is 2.51 bits per heavy atom. The highest BCUT2D eigenvalue weighted by Gasteiger charge is 2.21. The number of pyridine rings is 1. The second kappa shape index (κ2) is 11.4. The standard InChI is InChI=1S/C30H24F2N4O5/c1-16(18-7-10-22(31)23(32)13-18)24-12-9-20(27(33)37)28(34-24)35-26(17-5-3-2-4-6-17)15-40-19-8-11-25-21(14-19)29(38)41-30(39)36-25/h2-14,16,26H,15H2,1H3,(H2,33,37)(H,34,35)(H,36,39)/t16-,26-/m0/s1. The molecule has 0 saturated heterocycles. The molecule has 2 atom stereocenters. The smallest absolute Gasteiger partial charge is 0.419 e. The van der Waals surface area contributed by atoms with E-state index in [0.717, 1.165) is 17.7 Å². The number of anilines is 1. The molecule has 2 heterocycles. The number of benzene rings is 3. The molecule has 5 aromatic rings. The molecule has 0 spiro atoms. The van der Waals surface area contributed by atoms with Gasteiger partial charge in [0.2, 0.25) is 0 Å². The zero-order valence-corrected chi connectivity index (χ0v) is 21.7. The van der Waals surface area contributed by atoms with Crippen molar-refractivity contribution in [2.75, 3.05) is 11.9 Å². The Morgan fingerprint density at radius 2 is 1.78 bits per heavy atom. The Balaban J connectivity index is 1.47. The van der Waals surface area contributed by atoms with E-state index in [0.29, 0.717) is 22.5 Å². The number of ether oxygens (including phenoxy) is 1. The molecule has 0 aliphatic heterocycles. The fourth-order valence-electron chi connectivity index (χ4n) is 4.39. The van der Waals surface area contributed by atoms with Crippen LogP contribution in [0.3, 0.4) is 0 Å². The van der Waals surface area contributed by atoms with Crippen molar-refractivity contribution in [1.29, 1.82) is 0 Å². The fourth-order valence-corrected chi connectivity index (χ4v) is 4.39. The highest BCUT2D eigenvalue weighted by molar-refractivity contribution is 5.97. The lowest BCUT2D eigenvalue weighted by Gasteiger charge is -2.23. The quantitative estimate of drug-likeness (QED) is 0.239. The number of nitrogens with two attached hydrogens (primary N) is 1. The van der Waals surface area contributed by atoms with Crippen LogP contribution in [0.25, 0.3) is 10.9 Å². The summed E-state index contributed by atoms with van der Waals surface area (Å²) < 4.78 is 38.0. The van der Waals surface area contributed by atoms with Crippen LogP contribution in [0.15, 0.2) is 92.9 Å². The summed E-state index contributed by atoms with van der Waals surface area (Å²) >= 11 is 0. The minimum atomic E-state index is -0.972. The van der Waals surface area contributed by atoms with Gasteiger partial charge in [-0.05, 0) is 53.6 Å². The predicted octanol–water partition coefficient (Wildman–Crippen LogP) is 4.64. The lowest BCUT2D eigenvalue weighted by atomic mass is 9.96. The van der Waals surface area contributed by atoms with Gasteiger partial charge in [-0.15, -0.1) is 0 Å². The molecule has 1 amide bonds. The van der Waals surface area contributed by atoms with Gasteiger partial charge in [0.05, 0.1) is 28.2 Å². The minimum absolute atomic E-state index is 0.0348. The highest BCUT2D eigenvalue weighted by atomic mass is 19.2. The first kappa shape index (κ1) is 27.3. The van der Waals surface area contributed by atoms with Crippen LogP contribution >= 0.6 is 0 Å². The molecule has 4 N–H and O–H groups in total. The van der Waals surface area contributed by atoms with E-state index in [-0.39, 0.29) is 23.4 Å². The summed E-state index contributed by atoms with van der Waals surface area (Å²) in [7, 11) is 0. The van der Waals surface area contributed by atoms with E-state index in [2.05, 4.69) is 19.7 Å². The third-order valence-electron chi connectivity index (χ3n) is 6.63. The maximum absolute atomic E-state index is 13.9. The van der Waals surface area contributed by atoms with Crippen LogP contribution in [0.5, 0.6) is 5.75 Å². The number of halogens is 2. The number of rotatable bonds is 9. The number of aromatic nitrogens is 2. The number of H-pyrrole nitrogens is 1. The molecule has 0 fully saturated rings. The zero-order valence-electron chi connectivity index (χ0n) is 21.7. The molecular formula is C30H24F2N4O5. The Morgan fingerprint density at radius 1 is 1.00 bits per heavy atom. The molecule has 0 aliphatic rings. The zero-order chi connectivity index (χ0) is 29.1. The molecule has 9 nitrogen and oxygen atoms in total. The molecule has 11 heteroatoms. The predicted molar refractivity (Wildman–Crippen MR) is 148 cm³/mol. The largest absolute Gasteiger partial charge is 0.491 e. The summed E-state index contributed by atoms with van der Waals surface area (Å²) in [6, 6.07) is 20.0. The monoisotopic (exact) mass is 558 g/mol. The number of amides is 1. The van der Waals surface area contributed by atoms with Crippen molar-refractivity contribution < 1.29 is 22.7 Å². The van der Waals surface area contributed by atoms with E-state index < -0.39 is 40.9 Å². The van der Waals surface area contributed by atoms with Crippen LogP contribution < -0.4 is 27.2 Å². The lowest BCUT2D eigenvalue weighted by molar-refractivity contribution is 0.100. The van der Waals surface area contributed by atoms with Gasteiger partial charge < -0.3 is 20.2 Å². The fraction of sp³-hybridized carbons (Fsp3) is 0.133. The van der Waals surface area contributed by atoms with Crippen molar-refractivity contribution in [3.05, 3.63) is 134 Å². The molecular weight excluding hydrogens is 534 g/mol. The van der Waals surface area contributed by atoms with Gasteiger partial charge in [0.25, 0.3) is 5.91 Å². The third kappa shape index (κ3) is 5.98. The SMILES string of the molecule is C[C@@H](c1ccc(F)c(F)c1)c1ccc(C(N)=O)c(N[C@@H](COc2ccc3[nH]c(=O)oc(=O)c3c2)c2ccccc2)n1. The number of hydrogen-bond acceptors (Lipinski definition) is 7. The summed E-state index contributed by atoms with van der Waals surface area (Å²) in [6.07, 6.45) is 0. The van der Waals surface area contributed by atoms with Gasteiger partial charge in [-0.1, -0.05) is 43.3 Å². The average Bonchev–Trinajstić information content (AvgIpc) is 2.96. The van der Waals surface area contributed by atoms with Crippen LogP contribution in [0, 0.1) is 11.6 Å². The normalized spacial score (nSPS) is 12.6. The van der Waals surface area contributed by atoms with Crippen molar-refractivity contribution in [3.63, 3.8) is 0 Å². The number of nitrogens with zero attached hydrogens (tertiary/aromatic N) is 1. The van der Waals surface area contributed by atoms with Gasteiger partial charge in [0, 0.05) is 5.92 Å². The van der Waals surface area contributed by atoms with E-state index in [1.54, 1.807) is 19.1 Å². The van der Waals surface area contributed by atoms with E-state index in [1.165, 1.54) is 24.3 Å². The number of carbonyl (C=O) groups is 1. The number of primary amides is 1. The van der Waals surface area contributed by atoms with Crippen molar-refractivity contribution in [2.45, 2.75) is 18.9 Å². The molecule has 0 aliphatic carbocycles. The van der Waals surface area contributed by atoms with Gasteiger partial charge in [0.1, 0.15) is 18.2 Å². The second-order valence-corrected chi connectivity index (χ2v) is 9.32. The van der Waals surface area contributed by atoms with Crippen molar-refractivity contribution in [3.8, 4) is 5.75 Å². The lowest BCUT2D eigenvalue weighted by Crippen LogP contribution is -2.23. The Labute approximate surface area is 231 Å². The number of nitrogens with one attached hydrogen (secondary N) is 2. The first-order valence-electron chi connectivity index (χ1n) is 12.6. The summed E-state index contributed by atoms with van der Waals surface area (Å²) in [5.41, 5.74) is 7.06. The number of hydrogen-bond donors (Lipinski definition) is 3. The molecule has 0 unspecified atom stereocenters. The topological polar surface area (TPSA) is 140 Å². The highest BCUT2D eigenvalue weighted by Crippen LogP contribution is 2.29. The van der Waals surface area contributed by atoms with E-state index in [1.807, 2.05) is 30.3 Å². The molecule has 0 bridgehead atoms. The second-order valence-electron chi connectivity index (χ2n) is 9.32.